The second-order valence-corrected chi connectivity index (χ2v) is 5.99. The van der Waals surface area contributed by atoms with Gasteiger partial charge in [0, 0.05) is 31.2 Å². The summed E-state index contributed by atoms with van der Waals surface area (Å²) in [5, 5.41) is 3.19. The van der Waals surface area contributed by atoms with Crippen LogP contribution in [0.25, 0.3) is 0 Å². The van der Waals surface area contributed by atoms with Gasteiger partial charge in [0.15, 0.2) is 0 Å². The Hall–Kier alpha value is -1.10. The Labute approximate surface area is 129 Å². The number of hydrogen-bond acceptors (Lipinski definition) is 4. The Morgan fingerprint density at radius 3 is 2.90 bits per heavy atom. The van der Waals surface area contributed by atoms with Crippen molar-refractivity contribution in [3.63, 3.8) is 0 Å². The number of rotatable bonds is 6. The van der Waals surface area contributed by atoms with Gasteiger partial charge < -0.3 is 15.0 Å². The van der Waals surface area contributed by atoms with Gasteiger partial charge in [0.25, 0.3) is 0 Å². The fourth-order valence-electron chi connectivity index (χ4n) is 3.01. The SMILES string of the molecule is CNCc1ccccc1OCCN1CCCN(C)CC1C. The average molecular weight is 291 g/mol. The lowest BCUT2D eigenvalue weighted by Gasteiger charge is -2.27. The Kier molecular flexibility index (Phi) is 6.49. The summed E-state index contributed by atoms with van der Waals surface area (Å²) in [6, 6.07) is 8.89. The summed E-state index contributed by atoms with van der Waals surface area (Å²) >= 11 is 0. The lowest BCUT2D eigenvalue weighted by Crippen LogP contribution is -2.40. The van der Waals surface area contributed by atoms with E-state index in [0.29, 0.717) is 6.04 Å². The molecule has 0 amide bonds. The maximum Gasteiger partial charge on any atom is 0.123 e. The average Bonchev–Trinajstić information content (AvgIpc) is 2.62. The molecular weight excluding hydrogens is 262 g/mol. The van der Waals surface area contributed by atoms with Gasteiger partial charge in [-0.3, -0.25) is 4.90 Å². The van der Waals surface area contributed by atoms with Crippen LogP contribution in [0.2, 0.25) is 0 Å². The van der Waals surface area contributed by atoms with Gasteiger partial charge in [-0.2, -0.15) is 0 Å². The Morgan fingerprint density at radius 2 is 2.10 bits per heavy atom. The topological polar surface area (TPSA) is 27.7 Å². The monoisotopic (exact) mass is 291 g/mol. The van der Waals surface area contributed by atoms with Gasteiger partial charge in [0.2, 0.25) is 0 Å². The van der Waals surface area contributed by atoms with Gasteiger partial charge in [0.1, 0.15) is 12.4 Å². The van der Waals surface area contributed by atoms with E-state index in [1.165, 1.54) is 25.1 Å². The number of para-hydroxylation sites is 1. The van der Waals surface area contributed by atoms with Gasteiger partial charge in [-0.25, -0.2) is 0 Å². The molecule has 0 saturated carbocycles. The number of hydrogen-bond donors (Lipinski definition) is 1. The second kappa shape index (κ2) is 8.37. The smallest absolute Gasteiger partial charge is 0.123 e. The van der Waals surface area contributed by atoms with Crippen LogP contribution in [0, 0.1) is 0 Å². The van der Waals surface area contributed by atoms with Crippen LogP contribution in [0.5, 0.6) is 5.75 Å². The first-order valence-corrected chi connectivity index (χ1v) is 7.98. The van der Waals surface area contributed by atoms with Crippen LogP contribution in [0.4, 0.5) is 0 Å². The molecule has 0 radical (unpaired) electrons. The van der Waals surface area contributed by atoms with Crippen molar-refractivity contribution in [1.29, 1.82) is 0 Å². The van der Waals surface area contributed by atoms with Crippen LogP contribution in [-0.4, -0.2) is 62.7 Å². The lowest BCUT2D eigenvalue weighted by atomic mass is 10.2. The molecule has 0 spiro atoms. The molecule has 118 valence electrons. The summed E-state index contributed by atoms with van der Waals surface area (Å²) in [5.74, 6) is 1.01. The molecule has 0 aromatic heterocycles. The van der Waals surface area contributed by atoms with E-state index in [4.69, 9.17) is 4.74 Å². The van der Waals surface area contributed by atoms with E-state index in [1.807, 2.05) is 13.1 Å². The molecule has 2 rings (SSSR count). The van der Waals surface area contributed by atoms with Crippen molar-refractivity contribution < 1.29 is 4.74 Å². The summed E-state index contributed by atoms with van der Waals surface area (Å²) in [6.07, 6.45) is 1.25. The van der Waals surface area contributed by atoms with E-state index in [-0.39, 0.29) is 0 Å². The van der Waals surface area contributed by atoms with Gasteiger partial charge in [-0.15, -0.1) is 0 Å². The third-order valence-electron chi connectivity index (χ3n) is 4.16. The third kappa shape index (κ3) is 4.99. The zero-order chi connectivity index (χ0) is 15.1. The zero-order valence-corrected chi connectivity index (χ0v) is 13.6. The minimum Gasteiger partial charge on any atom is -0.492 e. The van der Waals surface area contributed by atoms with E-state index >= 15 is 0 Å². The fourth-order valence-corrected chi connectivity index (χ4v) is 3.01. The van der Waals surface area contributed by atoms with E-state index in [1.54, 1.807) is 0 Å². The van der Waals surface area contributed by atoms with E-state index in [2.05, 4.69) is 47.3 Å². The molecule has 1 saturated heterocycles. The highest BCUT2D eigenvalue weighted by Crippen LogP contribution is 2.18. The van der Waals surface area contributed by atoms with Crippen molar-refractivity contribution in [2.24, 2.45) is 0 Å². The van der Waals surface area contributed by atoms with E-state index < -0.39 is 0 Å². The molecular formula is C17H29N3O. The van der Waals surface area contributed by atoms with Crippen LogP contribution in [-0.2, 0) is 6.54 Å². The quantitative estimate of drug-likeness (QED) is 0.865. The summed E-state index contributed by atoms with van der Waals surface area (Å²) in [5.41, 5.74) is 1.23. The summed E-state index contributed by atoms with van der Waals surface area (Å²) in [4.78, 5) is 4.97. The van der Waals surface area contributed by atoms with E-state index in [9.17, 15) is 0 Å². The van der Waals surface area contributed by atoms with Gasteiger partial charge in [-0.05, 0) is 46.6 Å². The first kappa shape index (κ1) is 16.3. The number of nitrogens with one attached hydrogen (secondary N) is 1. The first-order valence-electron chi connectivity index (χ1n) is 7.98. The highest BCUT2D eigenvalue weighted by Gasteiger charge is 2.19. The molecule has 21 heavy (non-hydrogen) atoms. The van der Waals surface area contributed by atoms with Crippen LogP contribution in [0.1, 0.15) is 18.9 Å². The minimum atomic E-state index is 0.605. The number of ether oxygens (including phenoxy) is 1. The highest BCUT2D eigenvalue weighted by atomic mass is 16.5. The molecule has 1 atom stereocenters. The molecule has 1 fully saturated rings. The standard InChI is InChI=1S/C17H29N3O/c1-15-14-19(3)9-6-10-20(15)11-12-21-17-8-5-4-7-16(17)13-18-2/h4-5,7-8,15,18H,6,9-14H2,1-3H3. The Balaban J connectivity index is 1.83. The Bertz CT molecular complexity index is 424. The molecule has 1 aliphatic rings. The molecule has 0 aliphatic carbocycles. The van der Waals surface area contributed by atoms with Gasteiger partial charge in [-0.1, -0.05) is 18.2 Å². The van der Waals surface area contributed by atoms with Crippen LogP contribution in [0.3, 0.4) is 0 Å². The predicted molar refractivity (Wildman–Crippen MR) is 87.8 cm³/mol. The first-order chi connectivity index (χ1) is 10.2. The van der Waals surface area contributed by atoms with Crippen molar-refractivity contribution in [2.45, 2.75) is 25.9 Å². The molecule has 0 bridgehead atoms. The fraction of sp³-hybridized carbons (Fsp3) is 0.647. The molecule has 1 aromatic carbocycles. The van der Waals surface area contributed by atoms with Crippen molar-refractivity contribution in [3.05, 3.63) is 29.8 Å². The molecule has 1 aliphatic heterocycles. The van der Waals surface area contributed by atoms with Crippen molar-refractivity contribution in [3.8, 4) is 5.75 Å². The predicted octanol–water partition coefficient (Wildman–Crippen LogP) is 1.81. The molecule has 4 nitrogen and oxygen atoms in total. The minimum absolute atomic E-state index is 0.605. The second-order valence-electron chi connectivity index (χ2n) is 5.99. The van der Waals surface area contributed by atoms with Crippen LogP contribution in [0.15, 0.2) is 24.3 Å². The highest BCUT2D eigenvalue weighted by molar-refractivity contribution is 5.33. The maximum atomic E-state index is 6.01. The van der Waals surface area contributed by atoms with Crippen molar-refractivity contribution >= 4 is 0 Å². The molecule has 1 unspecified atom stereocenters. The van der Waals surface area contributed by atoms with Crippen LogP contribution >= 0.6 is 0 Å². The van der Waals surface area contributed by atoms with Gasteiger partial charge >= 0.3 is 0 Å². The molecule has 1 N–H and O–H groups in total. The third-order valence-corrected chi connectivity index (χ3v) is 4.16. The Morgan fingerprint density at radius 1 is 1.29 bits per heavy atom. The molecule has 1 aromatic rings. The summed E-state index contributed by atoms with van der Waals surface area (Å²) in [7, 11) is 4.18. The zero-order valence-electron chi connectivity index (χ0n) is 13.6. The lowest BCUT2D eigenvalue weighted by molar-refractivity contribution is 0.165. The molecule has 4 heteroatoms. The largest absolute Gasteiger partial charge is 0.492 e. The van der Waals surface area contributed by atoms with Crippen molar-refractivity contribution in [2.75, 3.05) is 46.9 Å². The summed E-state index contributed by atoms with van der Waals surface area (Å²) in [6.45, 7) is 8.45. The maximum absolute atomic E-state index is 6.01. The summed E-state index contributed by atoms with van der Waals surface area (Å²) < 4.78 is 6.01. The van der Waals surface area contributed by atoms with Crippen LogP contribution < -0.4 is 10.1 Å². The van der Waals surface area contributed by atoms with Crippen molar-refractivity contribution in [1.82, 2.24) is 15.1 Å². The van der Waals surface area contributed by atoms with E-state index in [0.717, 1.165) is 32.0 Å². The van der Waals surface area contributed by atoms with Gasteiger partial charge in [0.05, 0.1) is 0 Å². The normalized spacial score (nSPS) is 21.2. The number of benzene rings is 1. The molecule has 1 heterocycles. The number of nitrogens with zero attached hydrogens (tertiary/aromatic N) is 2. The number of likely N-dealkylation sites (N-methyl/N-ethyl adjacent to an activating group) is 1.